The van der Waals surface area contributed by atoms with Gasteiger partial charge >= 0.3 is 0 Å². The van der Waals surface area contributed by atoms with Crippen LogP contribution in [0.5, 0.6) is 0 Å². The Morgan fingerprint density at radius 1 is 0.500 bits per heavy atom. The summed E-state index contributed by atoms with van der Waals surface area (Å²) in [4.78, 5) is 11.4. The summed E-state index contributed by atoms with van der Waals surface area (Å²) in [5, 5.41) is 9.51. The van der Waals surface area contributed by atoms with Gasteiger partial charge in [-0.3, -0.25) is 0 Å². The molecule has 0 radical (unpaired) electrons. The van der Waals surface area contributed by atoms with Gasteiger partial charge in [0, 0.05) is 58.8 Å². The molecule has 64 heavy (non-hydrogen) atoms. The lowest BCUT2D eigenvalue weighted by Crippen LogP contribution is -2.17. The molecule has 0 bridgehead atoms. The average Bonchev–Trinajstić information content (AvgIpc) is 4.01. The number of hydrogen-bond acceptors (Lipinski definition) is 4. The number of thiophene rings is 1. The summed E-state index contributed by atoms with van der Waals surface area (Å²) in [6, 6.07) is 69.6. The number of benzene rings is 9. The number of allylic oxidation sites excluding steroid dienone is 1. The normalized spacial score (nSPS) is 17.1. The van der Waals surface area contributed by atoms with Crippen LogP contribution in [0, 0.1) is 5.92 Å². The van der Waals surface area contributed by atoms with Crippen molar-refractivity contribution in [2.45, 2.75) is 13.3 Å². The van der Waals surface area contributed by atoms with Crippen LogP contribution in [0.4, 0.5) is 0 Å². The van der Waals surface area contributed by atoms with Gasteiger partial charge < -0.3 is 8.98 Å². The first-order chi connectivity index (χ1) is 31.6. The van der Waals surface area contributed by atoms with Crippen LogP contribution in [0.3, 0.4) is 0 Å². The number of aromatic nitrogens is 1. The molecule has 0 saturated carbocycles. The fourth-order valence-corrected chi connectivity index (χ4v) is 11.1. The molecule has 0 fully saturated rings. The molecule has 3 aromatic heterocycles. The molecular weight excluding hydrogens is 799 g/mol. The van der Waals surface area contributed by atoms with Gasteiger partial charge in [-0.2, -0.15) is 0 Å². The Hall–Kier alpha value is -7.86. The number of aliphatic imine (C=N–C) groups is 2. The zero-order valence-electron chi connectivity index (χ0n) is 35.0. The Morgan fingerprint density at radius 3 is 2.03 bits per heavy atom. The van der Waals surface area contributed by atoms with E-state index in [1.165, 1.54) is 47.3 Å². The zero-order chi connectivity index (χ0) is 42.3. The lowest BCUT2D eigenvalue weighted by molar-refractivity contribution is 0.669. The minimum Gasteiger partial charge on any atom is -0.456 e. The van der Waals surface area contributed by atoms with Crippen LogP contribution < -0.4 is 0 Å². The van der Waals surface area contributed by atoms with Crippen LogP contribution in [-0.4, -0.2) is 16.1 Å². The summed E-state index contributed by atoms with van der Waals surface area (Å²) in [5.74, 6) is 0.757. The third-order valence-corrected chi connectivity index (χ3v) is 14.2. The van der Waals surface area contributed by atoms with Crippen molar-refractivity contribution in [3.05, 3.63) is 217 Å². The average molecular weight is 838 g/mol. The molecule has 1 aliphatic heterocycles. The first kappa shape index (κ1) is 36.8. The summed E-state index contributed by atoms with van der Waals surface area (Å²) in [6.45, 7) is 2.30. The quantitative estimate of drug-likeness (QED) is 0.170. The highest BCUT2D eigenvalue weighted by Gasteiger charge is 2.26. The molecule has 12 aromatic rings. The number of rotatable bonds is 5. The number of para-hydroxylation sites is 2. The smallest absolute Gasteiger partial charge is 0.160 e. The summed E-state index contributed by atoms with van der Waals surface area (Å²) < 4.78 is 11.7. The zero-order valence-corrected chi connectivity index (χ0v) is 35.8. The number of amidine groups is 1. The summed E-state index contributed by atoms with van der Waals surface area (Å²) in [5.41, 5.74) is 12.3. The second-order valence-electron chi connectivity index (χ2n) is 16.9. The Labute approximate surface area is 373 Å². The maximum atomic E-state index is 6.65. The number of nitrogens with zero attached hydrogens (tertiary/aromatic N) is 3. The van der Waals surface area contributed by atoms with Gasteiger partial charge in [0.05, 0.1) is 28.1 Å². The second kappa shape index (κ2) is 14.6. The molecule has 0 saturated heterocycles. The van der Waals surface area contributed by atoms with Gasteiger partial charge in [0.1, 0.15) is 11.2 Å². The van der Waals surface area contributed by atoms with E-state index < -0.39 is 0 Å². The highest BCUT2D eigenvalue weighted by atomic mass is 32.1. The molecule has 4 heterocycles. The second-order valence-corrected chi connectivity index (χ2v) is 18.0. The Bertz CT molecular complexity index is 3940. The lowest BCUT2D eigenvalue weighted by Gasteiger charge is -2.21. The minimum absolute atomic E-state index is 0.0827. The van der Waals surface area contributed by atoms with Gasteiger partial charge in [0.2, 0.25) is 0 Å². The van der Waals surface area contributed by atoms with Gasteiger partial charge in [-0.05, 0) is 82.4 Å². The molecular formula is C59H39N3OS. The highest BCUT2D eigenvalue weighted by molar-refractivity contribution is 7.25. The van der Waals surface area contributed by atoms with Crippen LogP contribution in [0.1, 0.15) is 30.0 Å². The van der Waals surface area contributed by atoms with Crippen LogP contribution in [0.2, 0.25) is 0 Å². The lowest BCUT2D eigenvalue weighted by atomic mass is 9.92. The van der Waals surface area contributed by atoms with Gasteiger partial charge in [-0.25, -0.2) is 9.98 Å². The van der Waals surface area contributed by atoms with Gasteiger partial charge in [0.15, 0.2) is 5.84 Å². The predicted octanol–water partition coefficient (Wildman–Crippen LogP) is 16.2. The number of hydrogen-bond donors (Lipinski definition) is 0. The summed E-state index contributed by atoms with van der Waals surface area (Å²) in [6.07, 6.45) is 3.09. The van der Waals surface area contributed by atoms with E-state index in [0.717, 1.165) is 78.7 Å². The van der Waals surface area contributed by atoms with Crippen molar-refractivity contribution in [2.24, 2.45) is 15.9 Å². The van der Waals surface area contributed by atoms with Crippen LogP contribution in [0.25, 0.3) is 97.2 Å². The molecule has 1 unspecified atom stereocenters. The first-order valence-electron chi connectivity index (χ1n) is 21.9. The van der Waals surface area contributed by atoms with E-state index in [1.54, 1.807) is 0 Å². The Kier molecular flexibility index (Phi) is 8.40. The minimum atomic E-state index is 0.0827. The van der Waals surface area contributed by atoms with Crippen molar-refractivity contribution in [2.75, 3.05) is 0 Å². The SMILES string of the molecule is CC1C/C=C(c2c(-n3c4ccccc4c4cc5ccccc5cc43)ccc3oc4ccccc4c23)/N=C(c2ccc(-c3ccccc3)cc2)\N=C/1c1ccc2c(c1)sc1ccccc12. The molecule has 0 amide bonds. The monoisotopic (exact) mass is 837 g/mol. The molecule has 1 aliphatic rings. The summed E-state index contributed by atoms with van der Waals surface area (Å²) in [7, 11) is 0. The topological polar surface area (TPSA) is 42.8 Å². The fourth-order valence-electron chi connectivity index (χ4n) is 9.94. The molecule has 0 N–H and O–H groups in total. The molecule has 1 atom stereocenters. The van der Waals surface area contributed by atoms with Crippen molar-refractivity contribution in [3.8, 4) is 16.8 Å². The van der Waals surface area contributed by atoms with E-state index in [4.69, 9.17) is 14.4 Å². The summed E-state index contributed by atoms with van der Waals surface area (Å²) >= 11 is 1.84. The third-order valence-electron chi connectivity index (χ3n) is 13.1. The number of furan rings is 1. The predicted molar refractivity (Wildman–Crippen MR) is 272 cm³/mol. The molecule has 9 aromatic carbocycles. The first-order valence-corrected chi connectivity index (χ1v) is 22.8. The van der Waals surface area contributed by atoms with E-state index in [0.29, 0.717) is 5.84 Å². The van der Waals surface area contributed by atoms with E-state index in [9.17, 15) is 0 Å². The van der Waals surface area contributed by atoms with Crippen LogP contribution >= 0.6 is 11.3 Å². The molecule has 13 rings (SSSR count). The van der Waals surface area contributed by atoms with Crippen LogP contribution in [-0.2, 0) is 0 Å². The van der Waals surface area contributed by atoms with E-state index in [-0.39, 0.29) is 5.92 Å². The Morgan fingerprint density at radius 2 is 1.17 bits per heavy atom. The third kappa shape index (κ3) is 5.89. The molecule has 4 nitrogen and oxygen atoms in total. The molecule has 302 valence electrons. The van der Waals surface area contributed by atoms with Gasteiger partial charge in [-0.1, -0.05) is 159 Å². The van der Waals surface area contributed by atoms with Crippen molar-refractivity contribution < 1.29 is 4.42 Å². The van der Waals surface area contributed by atoms with Crippen molar-refractivity contribution in [1.82, 2.24) is 4.57 Å². The number of fused-ring (bicyclic) bond motifs is 10. The van der Waals surface area contributed by atoms with Crippen molar-refractivity contribution >= 4 is 103 Å². The standard InChI is InChI=1S/C59H39N3OS/c1-36-23-30-48(60-59(39-26-24-38(25-27-39)37-13-3-2-4-14-37)61-58(36)42-28-29-45-44-18-9-12-22-54(44)64-55(45)35-42)57-50(31-32-53-56(57)46-19-8-11-21-52(46)63-53)62-49-20-10-7-17-43(49)47-33-40-15-5-6-16-41(40)34-51(47)62/h2-22,24-36H,23H2,1H3/b48-30+,60-59-,61-58+. The Balaban J connectivity index is 1.08. The van der Waals surface area contributed by atoms with E-state index >= 15 is 0 Å². The molecule has 0 spiro atoms. The van der Waals surface area contributed by atoms with E-state index in [2.05, 4.69) is 206 Å². The van der Waals surface area contributed by atoms with Gasteiger partial charge in [-0.15, -0.1) is 11.3 Å². The fraction of sp³-hybridized carbons (Fsp3) is 0.0508. The van der Waals surface area contributed by atoms with Gasteiger partial charge in [0.25, 0.3) is 0 Å². The van der Waals surface area contributed by atoms with Crippen LogP contribution in [0.15, 0.2) is 215 Å². The maximum Gasteiger partial charge on any atom is 0.160 e. The highest BCUT2D eigenvalue weighted by Crippen LogP contribution is 2.44. The maximum absolute atomic E-state index is 6.65. The van der Waals surface area contributed by atoms with Crippen molar-refractivity contribution in [3.63, 3.8) is 0 Å². The molecule has 0 aliphatic carbocycles. The molecule has 5 heteroatoms. The van der Waals surface area contributed by atoms with E-state index in [1.807, 2.05) is 17.4 Å². The largest absolute Gasteiger partial charge is 0.456 e. The van der Waals surface area contributed by atoms with Crippen molar-refractivity contribution in [1.29, 1.82) is 0 Å².